The molecule has 224 valence electrons. The van der Waals surface area contributed by atoms with Gasteiger partial charge in [0.2, 0.25) is 5.88 Å². The van der Waals surface area contributed by atoms with Gasteiger partial charge in [-0.2, -0.15) is 14.7 Å². The topological polar surface area (TPSA) is 200 Å². The molecule has 5 aromatic rings. The molecule has 17 heteroatoms. The van der Waals surface area contributed by atoms with Gasteiger partial charge in [0.25, 0.3) is 5.91 Å². The van der Waals surface area contributed by atoms with E-state index < -0.39 is 17.6 Å². The quantitative estimate of drug-likeness (QED) is 0.108. The average molecular weight is 636 g/mol. The largest absolute Gasteiger partial charge is 0.493 e. The van der Waals surface area contributed by atoms with E-state index in [2.05, 4.69) is 45.8 Å². The van der Waals surface area contributed by atoms with E-state index in [9.17, 15) is 19.5 Å². The summed E-state index contributed by atoms with van der Waals surface area (Å²) in [7, 11) is 0. The standard InChI is InChI=1S/C14H12ClN5O2.C13H11ClN6O2/c15-11-5-9(3-7-1-2-7)20-12(18-11)8(6-16-20)4-10-13(21)19-14(22)17-10;14-9-4-10(16-7-1-2-7)20-11(18-9)6(5-15-20)3-8-12(21)19-13(22)17-8/h4-7H,1-3H2,(H2,17,19,21,22);3-5,7,21H,1-2H2,(H2,17,19,22)/b10-4-;. The highest BCUT2D eigenvalue weighted by Gasteiger charge is 2.26. The Labute approximate surface area is 256 Å². The van der Waals surface area contributed by atoms with E-state index >= 15 is 0 Å². The molecule has 0 atom stereocenters. The number of carbonyl (C=O) groups is 2. The van der Waals surface area contributed by atoms with Gasteiger partial charge in [-0.1, -0.05) is 23.2 Å². The molecule has 3 fully saturated rings. The fourth-order valence-electron chi connectivity index (χ4n) is 4.68. The third-order valence-corrected chi connectivity index (χ3v) is 7.49. The highest BCUT2D eigenvalue weighted by Crippen LogP contribution is 2.33. The maximum atomic E-state index is 11.6. The zero-order valence-electron chi connectivity index (χ0n) is 22.7. The Hall–Kier alpha value is -5.02. The number of carbonyl (C=O) groups excluding carboxylic acids is 2. The lowest BCUT2D eigenvalue weighted by Crippen LogP contribution is -2.22. The van der Waals surface area contributed by atoms with Crippen molar-refractivity contribution in [2.24, 2.45) is 10.9 Å². The number of urea groups is 1. The van der Waals surface area contributed by atoms with Gasteiger partial charge in [-0.05, 0) is 56.2 Å². The van der Waals surface area contributed by atoms with Crippen molar-refractivity contribution in [3.8, 4) is 5.88 Å². The molecule has 0 aromatic carbocycles. The van der Waals surface area contributed by atoms with Crippen LogP contribution in [-0.4, -0.2) is 62.3 Å². The zero-order chi connectivity index (χ0) is 30.5. The zero-order valence-corrected chi connectivity index (χ0v) is 24.2. The molecule has 8 rings (SSSR count). The Kier molecular flexibility index (Phi) is 6.89. The smallest absolute Gasteiger partial charge is 0.326 e. The third-order valence-electron chi connectivity index (χ3n) is 7.10. The molecule has 0 bridgehead atoms. The second-order valence-electron chi connectivity index (χ2n) is 10.6. The van der Waals surface area contributed by atoms with Crippen LogP contribution < -0.4 is 27.0 Å². The van der Waals surface area contributed by atoms with Crippen LogP contribution in [0.5, 0.6) is 5.88 Å². The molecule has 3 amide bonds. The number of aromatic hydroxyl groups is 1. The Balaban J connectivity index is 0.000000142. The number of hydrogen-bond donors (Lipinski definition) is 5. The normalized spacial score (nSPS) is 18.3. The first-order valence-corrected chi connectivity index (χ1v) is 14.4. The number of H-pyrrole nitrogens is 2. The number of hydrogen-bond acceptors (Lipinski definition) is 9. The van der Waals surface area contributed by atoms with Crippen molar-refractivity contribution < 1.29 is 14.7 Å². The Morgan fingerprint density at radius 3 is 2.36 bits per heavy atom. The molecule has 0 unspecified atom stereocenters. The fourth-order valence-corrected chi connectivity index (χ4v) is 5.06. The van der Waals surface area contributed by atoms with Crippen molar-refractivity contribution in [2.75, 3.05) is 0 Å². The van der Waals surface area contributed by atoms with Crippen LogP contribution in [0.15, 0.2) is 40.0 Å². The van der Waals surface area contributed by atoms with Crippen molar-refractivity contribution in [3.05, 3.63) is 78.7 Å². The van der Waals surface area contributed by atoms with Crippen LogP contribution in [0.4, 0.5) is 4.79 Å². The highest BCUT2D eigenvalue weighted by molar-refractivity contribution is 6.29. The lowest BCUT2D eigenvalue weighted by atomic mass is 10.2. The van der Waals surface area contributed by atoms with Crippen molar-refractivity contribution in [3.63, 3.8) is 0 Å². The summed E-state index contributed by atoms with van der Waals surface area (Å²) >= 11 is 12.2. The number of halogens is 2. The summed E-state index contributed by atoms with van der Waals surface area (Å²) in [4.78, 5) is 51.7. The number of aromatic nitrogens is 8. The number of nitrogens with zero attached hydrogens (tertiary/aromatic N) is 7. The highest BCUT2D eigenvalue weighted by atomic mass is 35.5. The van der Waals surface area contributed by atoms with Crippen molar-refractivity contribution in [1.29, 1.82) is 0 Å². The van der Waals surface area contributed by atoms with Gasteiger partial charge in [0.15, 0.2) is 16.8 Å². The van der Waals surface area contributed by atoms with Gasteiger partial charge >= 0.3 is 11.7 Å². The first kappa shape index (κ1) is 27.8. The average Bonchev–Trinajstić information content (AvgIpc) is 3.82. The summed E-state index contributed by atoms with van der Waals surface area (Å²) < 4.78 is 3.34. The number of rotatable bonds is 5. The Morgan fingerprint density at radius 2 is 1.68 bits per heavy atom. The monoisotopic (exact) mass is 635 g/mol. The van der Waals surface area contributed by atoms with Crippen LogP contribution in [0.1, 0.15) is 42.6 Å². The van der Waals surface area contributed by atoms with Gasteiger partial charge in [-0.25, -0.2) is 24.1 Å². The summed E-state index contributed by atoms with van der Waals surface area (Å²) in [5, 5.41) is 24.1. The molecule has 1 saturated heterocycles. The molecule has 2 aliphatic carbocycles. The van der Waals surface area contributed by atoms with Crippen LogP contribution in [-0.2, 0) is 11.2 Å². The molecular formula is C27H23Cl2N11O4. The molecule has 5 N–H and O–H groups in total. The third kappa shape index (κ3) is 5.78. The number of amides is 3. The van der Waals surface area contributed by atoms with Crippen LogP contribution in [0.2, 0.25) is 10.3 Å². The van der Waals surface area contributed by atoms with Crippen molar-refractivity contribution in [2.45, 2.75) is 38.1 Å². The van der Waals surface area contributed by atoms with Gasteiger partial charge in [0.1, 0.15) is 21.7 Å². The van der Waals surface area contributed by atoms with Crippen LogP contribution >= 0.6 is 23.2 Å². The van der Waals surface area contributed by atoms with Crippen LogP contribution in [0.25, 0.3) is 23.4 Å². The first-order valence-electron chi connectivity index (χ1n) is 13.7. The van der Waals surface area contributed by atoms with Crippen LogP contribution in [0, 0.1) is 5.92 Å². The SMILES string of the molecule is O=C1NC(=O)/C(=C/c2cnn3c(CC4CC4)cc(Cl)nc23)N1.O=c1[nH]c(O)c(C=c2cnn3c(=NC4CC4)cc(Cl)nc23)[nH]1. The van der Waals surface area contributed by atoms with E-state index in [4.69, 9.17) is 23.2 Å². The predicted octanol–water partition coefficient (Wildman–Crippen LogP) is 1.23. The van der Waals surface area contributed by atoms with E-state index in [1.165, 1.54) is 12.8 Å². The maximum Gasteiger partial charge on any atom is 0.326 e. The van der Waals surface area contributed by atoms with Gasteiger partial charge in [-0.3, -0.25) is 20.1 Å². The molecule has 0 spiro atoms. The lowest BCUT2D eigenvalue weighted by Gasteiger charge is -2.04. The molecule has 5 aromatic heterocycles. The van der Waals surface area contributed by atoms with Gasteiger partial charge in [0, 0.05) is 22.5 Å². The summed E-state index contributed by atoms with van der Waals surface area (Å²) in [5.41, 5.74) is 3.29. The molecule has 3 aliphatic rings. The summed E-state index contributed by atoms with van der Waals surface area (Å²) in [5.74, 6) is -0.0218. The number of aromatic amines is 2. The second-order valence-corrected chi connectivity index (χ2v) is 11.4. The molecule has 15 nitrogen and oxygen atoms in total. The number of fused-ring (bicyclic) bond motifs is 2. The maximum absolute atomic E-state index is 11.6. The van der Waals surface area contributed by atoms with Gasteiger partial charge < -0.3 is 15.4 Å². The molecule has 44 heavy (non-hydrogen) atoms. The Morgan fingerprint density at radius 1 is 0.932 bits per heavy atom. The summed E-state index contributed by atoms with van der Waals surface area (Å²) in [6.45, 7) is 0. The van der Waals surface area contributed by atoms with E-state index in [1.807, 2.05) is 6.07 Å². The molecule has 1 aliphatic heterocycles. The number of imidazole rings is 1. The minimum Gasteiger partial charge on any atom is -0.493 e. The first-order chi connectivity index (χ1) is 21.2. The number of nitrogens with one attached hydrogen (secondary N) is 4. The minimum atomic E-state index is -0.534. The van der Waals surface area contributed by atoms with Crippen molar-refractivity contribution >= 4 is 58.6 Å². The fraction of sp³-hybridized carbons (Fsp3) is 0.259. The number of imide groups is 1. The minimum absolute atomic E-state index is 0.172. The van der Waals surface area contributed by atoms with E-state index in [-0.39, 0.29) is 17.3 Å². The Bertz CT molecular complexity index is 2190. The van der Waals surface area contributed by atoms with E-state index in [1.54, 1.807) is 39.6 Å². The lowest BCUT2D eigenvalue weighted by molar-refractivity contribution is -0.115. The molecule has 0 radical (unpaired) electrons. The van der Waals surface area contributed by atoms with E-state index in [0.29, 0.717) is 49.8 Å². The second kappa shape index (κ2) is 10.9. The summed E-state index contributed by atoms with van der Waals surface area (Å²) in [6.07, 6.45) is 11.8. The van der Waals surface area contributed by atoms with Gasteiger partial charge in [-0.15, -0.1) is 0 Å². The molecule has 6 heterocycles. The van der Waals surface area contributed by atoms with Crippen LogP contribution in [0.3, 0.4) is 0 Å². The van der Waals surface area contributed by atoms with Crippen molar-refractivity contribution in [1.82, 2.24) is 49.8 Å². The van der Waals surface area contributed by atoms with E-state index in [0.717, 1.165) is 25.0 Å². The molecule has 2 saturated carbocycles. The molecular weight excluding hydrogens is 613 g/mol. The predicted molar refractivity (Wildman–Crippen MR) is 158 cm³/mol. The van der Waals surface area contributed by atoms with Gasteiger partial charge in [0.05, 0.1) is 18.4 Å². The summed E-state index contributed by atoms with van der Waals surface area (Å²) in [6, 6.07) is 3.27.